The lowest BCUT2D eigenvalue weighted by molar-refractivity contribution is 0.0963. The first-order valence-corrected chi connectivity index (χ1v) is 9.13. The average molecular weight is 363 g/mol. The quantitative estimate of drug-likeness (QED) is 0.873. The minimum Gasteiger partial charge on any atom is -0.356 e. The van der Waals surface area contributed by atoms with Crippen LogP contribution in [-0.2, 0) is 6.42 Å². The number of nitrogens with one attached hydrogen (secondary N) is 2. The lowest BCUT2D eigenvalue weighted by atomic mass is 10.0. The van der Waals surface area contributed by atoms with Gasteiger partial charge in [0.25, 0.3) is 5.91 Å². The molecule has 138 valence electrons. The van der Waals surface area contributed by atoms with Crippen molar-refractivity contribution >= 4 is 23.8 Å². The highest BCUT2D eigenvalue weighted by Crippen LogP contribution is 2.28. The number of hydrogen-bond acceptors (Lipinski definition) is 5. The molecule has 7 heteroatoms. The van der Waals surface area contributed by atoms with Crippen LogP contribution in [0.5, 0.6) is 0 Å². The van der Waals surface area contributed by atoms with Crippen molar-refractivity contribution in [2.45, 2.75) is 25.3 Å². The molecule has 2 aromatic rings. The van der Waals surface area contributed by atoms with Gasteiger partial charge in [-0.25, -0.2) is 14.8 Å². The van der Waals surface area contributed by atoms with E-state index in [9.17, 15) is 9.59 Å². The van der Waals surface area contributed by atoms with Gasteiger partial charge in [0, 0.05) is 36.7 Å². The van der Waals surface area contributed by atoms with Crippen LogP contribution < -0.4 is 15.5 Å². The fourth-order valence-electron chi connectivity index (χ4n) is 3.52. The number of fused-ring (bicyclic) bond motifs is 1. The van der Waals surface area contributed by atoms with Crippen molar-refractivity contribution in [3.63, 3.8) is 0 Å². The molecule has 0 atom stereocenters. The molecule has 0 unspecified atom stereocenters. The first-order valence-electron chi connectivity index (χ1n) is 9.13. The fraction of sp³-hybridized carbons (Fsp3) is 0.300. The van der Waals surface area contributed by atoms with Crippen LogP contribution in [0.1, 0.15) is 34.5 Å². The van der Waals surface area contributed by atoms with E-state index in [-0.39, 0.29) is 6.04 Å². The van der Waals surface area contributed by atoms with Crippen molar-refractivity contribution in [3.05, 3.63) is 59.6 Å². The van der Waals surface area contributed by atoms with Gasteiger partial charge in [0.15, 0.2) is 0 Å². The lowest BCUT2D eigenvalue weighted by Crippen LogP contribution is -2.49. The number of imide groups is 1. The lowest BCUT2D eigenvalue weighted by Gasteiger charge is -2.33. The molecule has 27 heavy (non-hydrogen) atoms. The Balaban J connectivity index is 1.30. The third kappa shape index (κ3) is 3.81. The van der Waals surface area contributed by atoms with Crippen molar-refractivity contribution in [3.8, 4) is 0 Å². The molecule has 7 nitrogen and oxygen atoms in total. The minimum atomic E-state index is -0.451. The molecule has 1 aromatic carbocycles. The Hall–Kier alpha value is -3.22. The van der Waals surface area contributed by atoms with Crippen molar-refractivity contribution in [1.29, 1.82) is 0 Å². The zero-order chi connectivity index (χ0) is 18.6. The van der Waals surface area contributed by atoms with E-state index in [2.05, 4.69) is 37.7 Å². The molecule has 1 aliphatic carbocycles. The van der Waals surface area contributed by atoms with Crippen LogP contribution in [0.25, 0.3) is 6.08 Å². The normalized spacial score (nSPS) is 16.1. The molecular formula is C20H21N5O2. The summed E-state index contributed by atoms with van der Waals surface area (Å²) in [6.45, 7) is 1.60. The van der Waals surface area contributed by atoms with Crippen molar-refractivity contribution in [2.75, 3.05) is 18.0 Å². The largest absolute Gasteiger partial charge is 0.356 e. The van der Waals surface area contributed by atoms with Gasteiger partial charge in [0.1, 0.15) is 12.1 Å². The minimum absolute atomic E-state index is 0.0373. The Morgan fingerprint density at radius 2 is 1.85 bits per heavy atom. The summed E-state index contributed by atoms with van der Waals surface area (Å²) in [5.41, 5.74) is 2.64. The molecule has 0 radical (unpaired) electrons. The van der Waals surface area contributed by atoms with Crippen LogP contribution in [-0.4, -0.2) is 41.0 Å². The van der Waals surface area contributed by atoms with Crippen molar-refractivity contribution < 1.29 is 9.59 Å². The van der Waals surface area contributed by atoms with E-state index in [1.54, 1.807) is 30.6 Å². The molecule has 0 saturated carbocycles. The first kappa shape index (κ1) is 17.2. The van der Waals surface area contributed by atoms with Gasteiger partial charge in [-0.1, -0.05) is 30.4 Å². The van der Waals surface area contributed by atoms with E-state index in [0.29, 0.717) is 5.56 Å². The zero-order valence-corrected chi connectivity index (χ0v) is 14.9. The Kier molecular flexibility index (Phi) is 4.82. The summed E-state index contributed by atoms with van der Waals surface area (Å²) in [5, 5.41) is 5.29. The number of rotatable bonds is 3. The van der Waals surface area contributed by atoms with Crippen molar-refractivity contribution in [2.24, 2.45) is 0 Å². The topological polar surface area (TPSA) is 87.2 Å². The van der Waals surface area contributed by atoms with Crippen LogP contribution in [0.4, 0.5) is 10.6 Å². The highest BCUT2D eigenvalue weighted by atomic mass is 16.2. The van der Waals surface area contributed by atoms with Gasteiger partial charge in [-0.2, -0.15) is 0 Å². The van der Waals surface area contributed by atoms with E-state index in [1.165, 1.54) is 0 Å². The summed E-state index contributed by atoms with van der Waals surface area (Å²) in [4.78, 5) is 35.2. The van der Waals surface area contributed by atoms with Crippen LogP contribution in [0.2, 0.25) is 0 Å². The molecule has 0 bridgehead atoms. The van der Waals surface area contributed by atoms with Crippen LogP contribution in [0.15, 0.2) is 42.7 Å². The predicted molar refractivity (Wildman–Crippen MR) is 102 cm³/mol. The zero-order valence-electron chi connectivity index (χ0n) is 14.9. The number of carbonyl (C=O) groups excluding carboxylic acids is 2. The SMILES string of the molecule is O=C(NC(=O)c1ccccc1)NC1CCN(c2ncnc3c2C=CC3)CC1. The first-order chi connectivity index (χ1) is 13.2. The fourth-order valence-corrected chi connectivity index (χ4v) is 3.52. The summed E-state index contributed by atoms with van der Waals surface area (Å²) in [7, 11) is 0. The number of nitrogens with zero attached hydrogens (tertiary/aromatic N) is 3. The van der Waals surface area contributed by atoms with E-state index >= 15 is 0 Å². The Morgan fingerprint density at radius 1 is 1.07 bits per heavy atom. The van der Waals surface area contributed by atoms with E-state index < -0.39 is 11.9 Å². The summed E-state index contributed by atoms with van der Waals surface area (Å²) in [6.07, 6.45) is 8.26. The van der Waals surface area contributed by atoms with Gasteiger partial charge in [-0.3, -0.25) is 10.1 Å². The molecule has 2 heterocycles. The maximum atomic E-state index is 12.1. The third-order valence-electron chi connectivity index (χ3n) is 4.93. The molecule has 4 rings (SSSR count). The Bertz CT molecular complexity index is 873. The highest BCUT2D eigenvalue weighted by molar-refractivity contribution is 6.04. The van der Waals surface area contributed by atoms with Crippen LogP contribution >= 0.6 is 0 Å². The molecule has 2 aliphatic rings. The molecule has 1 aliphatic heterocycles. The molecule has 2 N–H and O–H groups in total. The molecule has 0 spiro atoms. The van der Waals surface area contributed by atoms with Crippen LogP contribution in [0, 0.1) is 0 Å². The highest BCUT2D eigenvalue weighted by Gasteiger charge is 2.25. The Labute approximate surface area is 157 Å². The maximum Gasteiger partial charge on any atom is 0.321 e. The van der Waals surface area contributed by atoms with Gasteiger partial charge >= 0.3 is 6.03 Å². The number of anilines is 1. The third-order valence-corrected chi connectivity index (χ3v) is 4.93. The number of allylic oxidation sites excluding steroid dienone is 1. The summed E-state index contributed by atoms with van der Waals surface area (Å²) >= 11 is 0. The monoisotopic (exact) mass is 363 g/mol. The second-order valence-corrected chi connectivity index (χ2v) is 6.72. The van der Waals surface area contributed by atoms with Gasteiger partial charge in [-0.05, 0) is 25.0 Å². The molecule has 3 amide bonds. The molecule has 1 saturated heterocycles. The van der Waals surface area contributed by atoms with Gasteiger partial charge in [0.05, 0.1) is 5.69 Å². The van der Waals surface area contributed by atoms with E-state index in [1.807, 2.05) is 6.07 Å². The summed E-state index contributed by atoms with van der Waals surface area (Å²) in [6, 6.07) is 8.30. The molecular weight excluding hydrogens is 342 g/mol. The van der Waals surface area contributed by atoms with Gasteiger partial charge in [0.2, 0.25) is 0 Å². The number of carbonyl (C=O) groups is 2. The van der Waals surface area contributed by atoms with E-state index in [4.69, 9.17) is 0 Å². The number of benzene rings is 1. The molecule has 1 fully saturated rings. The summed E-state index contributed by atoms with van der Waals surface area (Å²) in [5.74, 6) is 0.574. The number of piperidine rings is 1. The number of hydrogen-bond donors (Lipinski definition) is 2. The van der Waals surface area contributed by atoms with Crippen LogP contribution in [0.3, 0.4) is 0 Å². The average Bonchev–Trinajstić information content (AvgIpc) is 3.18. The second-order valence-electron chi connectivity index (χ2n) is 6.72. The van der Waals surface area contributed by atoms with E-state index in [0.717, 1.165) is 49.4 Å². The molecule has 1 aromatic heterocycles. The van der Waals surface area contributed by atoms with Gasteiger partial charge < -0.3 is 10.2 Å². The second kappa shape index (κ2) is 7.57. The smallest absolute Gasteiger partial charge is 0.321 e. The summed E-state index contributed by atoms with van der Waals surface area (Å²) < 4.78 is 0. The van der Waals surface area contributed by atoms with Gasteiger partial charge in [-0.15, -0.1) is 0 Å². The number of aromatic nitrogens is 2. The predicted octanol–water partition coefficient (Wildman–Crippen LogP) is 2.15. The number of amides is 3. The standard InChI is InChI=1S/C20H21N5O2/c26-19(14-5-2-1-3-6-14)24-20(27)23-15-9-11-25(12-10-15)18-16-7-4-8-17(16)21-13-22-18/h1-7,13,15H,8-12H2,(H2,23,24,26,27). The Morgan fingerprint density at radius 3 is 2.63 bits per heavy atom. The van der Waals surface area contributed by atoms with Crippen molar-refractivity contribution in [1.82, 2.24) is 20.6 Å². The maximum absolute atomic E-state index is 12.1. The number of urea groups is 1.